The van der Waals surface area contributed by atoms with Crippen molar-refractivity contribution >= 4 is 16.5 Å². The van der Waals surface area contributed by atoms with Crippen molar-refractivity contribution in [3.8, 4) is 0 Å². The molecule has 1 unspecified atom stereocenters. The second-order valence-electron chi connectivity index (χ2n) is 7.26. The van der Waals surface area contributed by atoms with Crippen LogP contribution in [0.3, 0.4) is 0 Å². The molecule has 1 N–H and O–H groups in total. The molecule has 1 heterocycles. The van der Waals surface area contributed by atoms with Crippen LogP contribution in [-0.4, -0.2) is 25.2 Å². The van der Waals surface area contributed by atoms with E-state index in [0.717, 1.165) is 12.5 Å². The van der Waals surface area contributed by atoms with Gasteiger partial charge in [0, 0.05) is 30.9 Å². The van der Waals surface area contributed by atoms with Crippen molar-refractivity contribution in [2.45, 2.75) is 32.7 Å². The Bertz CT molecular complexity index is 612. The molecule has 1 atom stereocenters. The summed E-state index contributed by atoms with van der Waals surface area (Å²) < 4.78 is 0. The number of hydrogen-bond acceptors (Lipinski definition) is 2. The van der Waals surface area contributed by atoms with E-state index < -0.39 is 0 Å². The van der Waals surface area contributed by atoms with Crippen LogP contribution < -0.4 is 10.2 Å². The third-order valence-electron chi connectivity index (χ3n) is 4.31. The van der Waals surface area contributed by atoms with Gasteiger partial charge < -0.3 is 10.2 Å². The maximum Gasteiger partial charge on any atom is 0.0372 e. The molecular weight excluding hydrogens is 256 g/mol. The van der Waals surface area contributed by atoms with E-state index in [1.54, 1.807) is 0 Å². The topological polar surface area (TPSA) is 15.3 Å². The molecule has 2 aromatic carbocycles. The molecule has 1 aliphatic heterocycles. The van der Waals surface area contributed by atoms with Crippen LogP contribution >= 0.6 is 0 Å². The van der Waals surface area contributed by atoms with Gasteiger partial charge in [-0.15, -0.1) is 0 Å². The Hall–Kier alpha value is -1.54. The molecule has 2 aromatic rings. The highest BCUT2D eigenvalue weighted by atomic mass is 15.2. The highest BCUT2D eigenvalue weighted by Gasteiger charge is 2.24. The quantitative estimate of drug-likeness (QED) is 0.913. The first-order chi connectivity index (χ1) is 10.0. The van der Waals surface area contributed by atoms with Crippen LogP contribution in [0.2, 0.25) is 0 Å². The minimum Gasteiger partial charge on any atom is -0.371 e. The van der Waals surface area contributed by atoms with Crippen LogP contribution in [0, 0.1) is 5.92 Å². The zero-order chi connectivity index (χ0) is 14.9. The number of nitrogens with one attached hydrogen (secondary N) is 1. The summed E-state index contributed by atoms with van der Waals surface area (Å²) in [7, 11) is 0. The molecular formula is C19H26N2. The molecule has 3 rings (SSSR count). The van der Waals surface area contributed by atoms with Crippen molar-refractivity contribution in [1.29, 1.82) is 0 Å². The summed E-state index contributed by atoms with van der Waals surface area (Å²) in [6.45, 7) is 10.2. The first-order valence-electron chi connectivity index (χ1n) is 8.00. The fourth-order valence-electron chi connectivity index (χ4n) is 3.06. The fourth-order valence-corrected chi connectivity index (χ4v) is 3.06. The van der Waals surface area contributed by atoms with E-state index in [2.05, 4.69) is 73.5 Å². The summed E-state index contributed by atoms with van der Waals surface area (Å²) in [4.78, 5) is 2.53. The van der Waals surface area contributed by atoms with Crippen LogP contribution in [0.1, 0.15) is 27.2 Å². The van der Waals surface area contributed by atoms with Crippen LogP contribution in [0.15, 0.2) is 42.5 Å². The molecule has 0 radical (unpaired) electrons. The van der Waals surface area contributed by atoms with Gasteiger partial charge in [-0.1, -0.05) is 30.3 Å². The SMILES string of the molecule is CC(C)(C)NCC1CCN(c2ccc3ccccc3c2)C1. The van der Waals surface area contributed by atoms with Crippen LogP contribution in [0.25, 0.3) is 10.8 Å². The predicted octanol–water partition coefficient (Wildman–Crippen LogP) is 4.05. The molecule has 21 heavy (non-hydrogen) atoms. The molecule has 2 heteroatoms. The van der Waals surface area contributed by atoms with Gasteiger partial charge in [0.15, 0.2) is 0 Å². The monoisotopic (exact) mass is 282 g/mol. The number of fused-ring (bicyclic) bond motifs is 1. The average Bonchev–Trinajstić information content (AvgIpc) is 2.93. The van der Waals surface area contributed by atoms with Crippen molar-refractivity contribution < 1.29 is 0 Å². The second kappa shape index (κ2) is 5.69. The molecule has 2 nitrogen and oxygen atoms in total. The smallest absolute Gasteiger partial charge is 0.0372 e. The predicted molar refractivity (Wildman–Crippen MR) is 92.0 cm³/mol. The molecule has 0 amide bonds. The van der Waals surface area contributed by atoms with Gasteiger partial charge in [0.25, 0.3) is 0 Å². The van der Waals surface area contributed by atoms with E-state index in [9.17, 15) is 0 Å². The first-order valence-corrected chi connectivity index (χ1v) is 8.00. The van der Waals surface area contributed by atoms with Gasteiger partial charge in [0.05, 0.1) is 0 Å². The summed E-state index contributed by atoms with van der Waals surface area (Å²) in [5.41, 5.74) is 1.59. The molecule has 0 aliphatic carbocycles. The van der Waals surface area contributed by atoms with Gasteiger partial charge in [0.1, 0.15) is 0 Å². The first kappa shape index (κ1) is 14.4. The molecule has 1 aliphatic rings. The lowest BCUT2D eigenvalue weighted by molar-refractivity contribution is 0.383. The van der Waals surface area contributed by atoms with E-state index in [1.165, 1.54) is 36.0 Å². The Morgan fingerprint density at radius 2 is 1.86 bits per heavy atom. The van der Waals surface area contributed by atoms with Crippen molar-refractivity contribution in [2.24, 2.45) is 5.92 Å². The van der Waals surface area contributed by atoms with Gasteiger partial charge >= 0.3 is 0 Å². The number of rotatable bonds is 3. The molecule has 1 saturated heterocycles. The Morgan fingerprint density at radius 1 is 1.10 bits per heavy atom. The van der Waals surface area contributed by atoms with Crippen molar-refractivity contribution in [3.05, 3.63) is 42.5 Å². The standard InChI is InChI=1S/C19H26N2/c1-19(2,3)20-13-15-10-11-21(14-15)18-9-8-16-6-4-5-7-17(16)12-18/h4-9,12,15,20H,10-11,13-14H2,1-3H3. The largest absolute Gasteiger partial charge is 0.371 e. The van der Waals surface area contributed by atoms with Gasteiger partial charge in [-0.3, -0.25) is 0 Å². The van der Waals surface area contributed by atoms with Crippen molar-refractivity contribution in [2.75, 3.05) is 24.5 Å². The van der Waals surface area contributed by atoms with Gasteiger partial charge in [-0.2, -0.15) is 0 Å². The summed E-state index contributed by atoms with van der Waals surface area (Å²) in [5, 5.41) is 6.30. The zero-order valence-electron chi connectivity index (χ0n) is 13.4. The zero-order valence-corrected chi connectivity index (χ0v) is 13.4. The van der Waals surface area contributed by atoms with Crippen LogP contribution in [0.5, 0.6) is 0 Å². The normalized spacial score (nSPS) is 19.4. The van der Waals surface area contributed by atoms with Gasteiger partial charge in [-0.05, 0) is 56.0 Å². The third kappa shape index (κ3) is 3.56. The molecule has 0 spiro atoms. The van der Waals surface area contributed by atoms with E-state index in [0.29, 0.717) is 0 Å². The molecule has 1 fully saturated rings. The third-order valence-corrected chi connectivity index (χ3v) is 4.31. The Labute approximate surface area is 128 Å². The van der Waals surface area contributed by atoms with Crippen LogP contribution in [0.4, 0.5) is 5.69 Å². The molecule has 0 aromatic heterocycles. The van der Waals surface area contributed by atoms with Crippen molar-refractivity contribution in [3.63, 3.8) is 0 Å². The highest BCUT2D eigenvalue weighted by Crippen LogP contribution is 2.27. The van der Waals surface area contributed by atoms with E-state index in [4.69, 9.17) is 0 Å². The Kier molecular flexibility index (Phi) is 3.90. The molecule has 112 valence electrons. The number of anilines is 1. The number of hydrogen-bond donors (Lipinski definition) is 1. The summed E-state index contributed by atoms with van der Waals surface area (Å²) >= 11 is 0. The lowest BCUT2D eigenvalue weighted by Gasteiger charge is -2.24. The van der Waals surface area contributed by atoms with E-state index >= 15 is 0 Å². The van der Waals surface area contributed by atoms with Crippen LogP contribution in [-0.2, 0) is 0 Å². The summed E-state index contributed by atoms with van der Waals surface area (Å²) in [6, 6.07) is 15.4. The number of benzene rings is 2. The van der Waals surface area contributed by atoms with Gasteiger partial charge in [-0.25, -0.2) is 0 Å². The van der Waals surface area contributed by atoms with E-state index in [-0.39, 0.29) is 5.54 Å². The minimum absolute atomic E-state index is 0.219. The Balaban J connectivity index is 1.67. The lowest BCUT2D eigenvalue weighted by Crippen LogP contribution is -2.39. The maximum absolute atomic E-state index is 3.64. The molecule has 0 bridgehead atoms. The lowest BCUT2D eigenvalue weighted by atomic mass is 10.1. The minimum atomic E-state index is 0.219. The highest BCUT2D eigenvalue weighted by molar-refractivity contribution is 5.85. The molecule has 0 saturated carbocycles. The maximum atomic E-state index is 3.64. The fraction of sp³-hybridized carbons (Fsp3) is 0.474. The Morgan fingerprint density at radius 3 is 2.62 bits per heavy atom. The summed E-state index contributed by atoms with van der Waals surface area (Å²) in [5.74, 6) is 0.760. The summed E-state index contributed by atoms with van der Waals surface area (Å²) in [6.07, 6.45) is 1.29. The number of nitrogens with zero attached hydrogens (tertiary/aromatic N) is 1. The average molecular weight is 282 g/mol. The van der Waals surface area contributed by atoms with Crippen molar-refractivity contribution in [1.82, 2.24) is 5.32 Å². The van der Waals surface area contributed by atoms with E-state index in [1.807, 2.05) is 0 Å². The second-order valence-corrected chi connectivity index (χ2v) is 7.26. The van der Waals surface area contributed by atoms with Gasteiger partial charge in [0.2, 0.25) is 0 Å².